The third kappa shape index (κ3) is 2.90. The van der Waals surface area contributed by atoms with Gasteiger partial charge in [0.1, 0.15) is 11.6 Å². The van der Waals surface area contributed by atoms with E-state index < -0.39 is 0 Å². The molecular formula is C21H17N3O. The minimum atomic E-state index is 0.243. The van der Waals surface area contributed by atoms with Gasteiger partial charge in [-0.15, -0.1) is 0 Å². The van der Waals surface area contributed by atoms with Crippen molar-refractivity contribution < 1.29 is 5.11 Å². The van der Waals surface area contributed by atoms with Gasteiger partial charge in [-0.3, -0.25) is 5.43 Å². The van der Waals surface area contributed by atoms with Crippen molar-refractivity contribution in [2.75, 3.05) is 5.43 Å². The van der Waals surface area contributed by atoms with Crippen LogP contribution >= 0.6 is 0 Å². The Morgan fingerprint density at radius 1 is 0.880 bits per heavy atom. The topological polar surface area (TPSA) is 57.5 Å². The molecule has 0 fully saturated rings. The number of aromatic hydroxyl groups is 1. The van der Waals surface area contributed by atoms with Crippen LogP contribution in [0.3, 0.4) is 0 Å². The summed E-state index contributed by atoms with van der Waals surface area (Å²) in [6, 6.07) is 23.4. The van der Waals surface area contributed by atoms with Gasteiger partial charge in [0.05, 0.1) is 11.2 Å². The summed E-state index contributed by atoms with van der Waals surface area (Å²) in [5.74, 6) is 0.908. The number of anilines is 1. The molecule has 0 atom stereocenters. The monoisotopic (exact) mass is 327 g/mol. The lowest BCUT2D eigenvalue weighted by atomic mass is 10.0. The minimum Gasteiger partial charge on any atom is -0.507 e. The fraction of sp³-hybridized carbons (Fsp3) is 0.0476. The van der Waals surface area contributed by atoms with Crippen LogP contribution in [0.1, 0.15) is 12.5 Å². The molecule has 0 spiro atoms. The summed E-state index contributed by atoms with van der Waals surface area (Å²) < 4.78 is 0. The Hall–Kier alpha value is -3.40. The van der Waals surface area contributed by atoms with Crippen molar-refractivity contribution in [3.63, 3.8) is 0 Å². The lowest BCUT2D eigenvalue weighted by Crippen LogP contribution is -2.01. The number of hydrazone groups is 1. The SMILES string of the molecule is C/C(=N\Nc1ccc2ccccc2n1)c1ccc2ccccc2c1O. The van der Waals surface area contributed by atoms with Crippen LogP contribution in [-0.2, 0) is 0 Å². The van der Waals surface area contributed by atoms with Gasteiger partial charge in [-0.25, -0.2) is 4.98 Å². The number of nitrogens with zero attached hydrogens (tertiary/aromatic N) is 2. The van der Waals surface area contributed by atoms with Crippen LogP contribution in [0.2, 0.25) is 0 Å². The molecule has 2 N–H and O–H groups in total. The van der Waals surface area contributed by atoms with E-state index in [4.69, 9.17) is 0 Å². The number of para-hydroxylation sites is 1. The number of hydrogen-bond donors (Lipinski definition) is 2. The van der Waals surface area contributed by atoms with Crippen molar-refractivity contribution in [3.8, 4) is 5.75 Å². The summed E-state index contributed by atoms with van der Waals surface area (Å²) in [4.78, 5) is 4.53. The highest BCUT2D eigenvalue weighted by atomic mass is 16.3. The number of rotatable bonds is 3. The van der Waals surface area contributed by atoms with Gasteiger partial charge >= 0.3 is 0 Å². The van der Waals surface area contributed by atoms with Gasteiger partial charge in [0.2, 0.25) is 0 Å². The Morgan fingerprint density at radius 3 is 2.48 bits per heavy atom. The summed E-state index contributed by atoms with van der Waals surface area (Å²) in [5.41, 5.74) is 5.28. The maximum absolute atomic E-state index is 10.5. The van der Waals surface area contributed by atoms with Gasteiger partial charge in [-0.1, -0.05) is 48.5 Å². The van der Waals surface area contributed by atoms with Gasteiger partial charge in [-0.05, 0) is 36.6 Å². The molecule has 0 amide bonds. The first-order chi connectivity index (χ1) is 12.2. The minimum absolute atomic E-state index is 0.243. The maximum Gasteiger partial charge on any atom is 0.146 e. The summed E-state index contributed by atoms with van der Waals surface area (Å²) in [6.07, 6.45) is 0. The second-order valence-corrected chi connectivity index (χ2v) is 5.88. The average Bonchev–Trinajstić information content (AvgIpc) is 2.66. The molecule has 0 bridgehead atoms. The van der Waals surface area contributed by atoms with E-state index in [0.29, 0.717) is 17.1 Å². The molecule has 1 aromatic heterocycles. The van der Waals surface area contributed by atoms with Gasteiger partial charge in [-0.2, -0.15) is 5.10 Å². The molecule has 3 aromatic carbocycles. The molecule has 0 saturated carbocycles. The predicted octanol–water partition coefficient (Wildman–Crippen LogP) is 4.93. The van der Waals surface area contributed by atoms with Gasteiger partial charge in [0.15, 0.2) is 0 Å². The first-order valence-corrected chi connectivity index (χ1v) is 8.09. The van der Waals surface area contributed by atoms with E-state index in [1.165, 1.54) is 0 Å². The Kier molecular flexibility index (Phi) is 3.78. The number of pyridine rings is 1. The van der Waals surface area contributed by atoms with Crippen LogP contribution in [0.25, 0.3) is 21.7 Å². The number of nitrogens with one attached hydrogen (secondary N) is 1. The second kappa shape index (κ2) is 6.24. The number of phenolic OH excluding ortho intramolecular Hbond substituents is 1. The van der Waals surface area contributed by atoms with E-state index in [-0.39, 0.29) is 5.75 Å². The van der Waals surface area contributed by atoms with Crippen LogP contribution in [0.4, 0.5) is 5.82 Å². The van der Waals surface area contributed by atoms with Crippen molar-refractivity contribution in [2.45, 2.75) is 6.92 Å². The molecule has 4 nitrogen and oxygen atoms in total. The Morgan fingerprint density at radius 2 is 1.60 bits per heavy atom. The van der Waals surface area contributed by atoms with Crippen LogP contribution in [0.5, 0.6) is 5.75 Å². The van der Waals surface area contributed by atoms with Crippen LogP contribution in [0, 0.1) is 0 Å². The first kappa shape index (κ1) is 15.1. The number of hydrogen-bond acceptors (Lipinski definition) is 4. The molecule has 0 unspecified atom stereocenters. The van der Waals surface area contributed by atoms with Crippen LogP contribution in [-0.4, -0.2) is 15.8 Å². The Bertz CT molecular complexity index is 1100. The summed E-state index contributed by atoms with van der Waals surface area (Å²) in [7, 11) is 0. The third-order valence-electron chi connectivity index (χ3n) is 4.23. The molecule has 122 valence electrons. The molecule has 1 heterocycles. The second-order valence-electron chi connectivity index (χ2n) is 5.88. The van der Waals surface area contributed by atoms with Crippen molar-refractivity contribution in [2.24, 2.45) is 5.10 Å². The highest BCUT2D eigenvalue weighted by Gasteiger charge is 2.08. The molecule has 0 aliphatic rings. The fourth-order valence-electron chi connectivity index (χ4n) is 2.88. The zero-order chi connectivity index (χ0) is 17.2. The van der Waals surface area contributed by atoms with E-state index >= 15 is 0 Å². The largest absolute Gasteiger partial charge is 0.507 e. The summed E-state index contributed by atoms with van der Waals surface area (Å²) in [6.45, 7) is 1.86. The third-order valence-corrected chi connectivity index (χ3v) is 4.23. The van der Waals surface area contributed by atoms with Crippen molar-refractivity contribution >= 4 is 33.2 Å². The zero-order valence-electron chi connectivity index (χ0n) is 13.8. The quantitative estimate of drug-likeness (QED) is 0.414. The lowest BCUT2D eigenvalue weighted by molar-refractivity contribution is 0.480. The van der Waals surface area contributed by atoms with Gasteiger partial charge < -0.3 is 5.11 Å². The van der Waals surface area contributed by atoms with Crippen LogP contribution < -0.4 is 5.43 Å². The van der Waals surface area contributed by atoms with Crippen molar-refractivity contribution in [3.05, 3.63) is 78.4 Å². The van der Waals surface area contributed by atoms with E-state index in [9.17, 15) is 5.11 Å². The predicted molar refractivity (Wildman–Crippen MR) is 103 cm³/mol. The van der Waals surface area contributed by atoms with E-state index in [2.05, 4.69) is 15.5 Å². The molecule has 0 aliphatic heterocycles. The molecule has 4 heteroatoms. The molecule has 4 aromatic rings. The zero-order valence-corrected chi connectivity index (χ0v) is 13.8. The van der Waals surface area contributed by atoms with E-state index in [1.54, 1.807) is 0 Å². The molecule has 25 heavy (non-hydrogen) atoms. The summed E-state index contributed by atoms with van der Waals surface area (Å²) >= 11 is 0. The van der Waals surface area contributed by atoms with Crippen molar-refractivity contribution in [1.82, 2.24) is 4.98 Å². The van der Waals surface area contributed by atoms with Gasteiger partial charge in [0.25, 0.3) is 0 Å². The van der Waals surface area contributed by atoms with Crippen LogP contribution in [0.15, 0.2) is 77.9 Å². The highest BCUT2D eigenvalue weighted by Crippen LogP contribution is 2.29. The molecule has 0 radical (unpaired) electrons. The lowest BCUT2D eigenvalue weighted by Gasteiger charge is -2.08. The smallest absolute Gasteiger partial charge is 0.146 e. The molecule has 0 saturated heterocycles. The number of phenols is 1. The Labute approximate surface area is 145 Å². The average molecular weight is 327 g/mol. The standard InChI is InChI=1S/C21H17N3O/c1-14(17-12-10-15-6-2-4-8-18(15)21(17)25)23-24-20-13-11-16-7-3-5-9-19(16)22-20/h2-13,25H,1H3,(H,22,24)/b23-14+. The van der Waals surface area contributed by atoms with Gasteiger partial charge in [0, 0.05) is 16.3 Å². The number of aromatic nitrogens is 1. The summed E-state index contributed by atoms with van der Waals surface area (Å²) in [5, 5.41) is 17.8. The molecular weight excluding hydrogens is 310 g/mol. The Balaban J connectivity index is 1.65. The molecule has 4 rings (SSSR count). The number of fused-ring (bicyclic) bond motifs is 2. The highest BCUT2D eigenvalue weighted by molar-refractivity contribution is 6.06. The van der Waals surface area contributed by atoms with Crippen molar-refractivity contribution in [1.29, 1.82) is 0 Å². The number of benzene rings is 3. The van der Waals surface area contributed by atoms with E-state index in [0.717, 1.165) is 21.7 Å². The normalized spacial score (nSPS) is 11.8. The first-order valence-electron chi connectivity index (χ1n) is 8.09. The maximum atomic E-state index is 10.5. The van der Waals surface area contributed by atoms with E-state index in [1.807, 2.05) is 79.7 Å². The molecule has 0 aliphatic carbocycles. The fourth-order valence-corrected chi connectivity index (χ4v) is 2.88.